The fourth-order valence-electron chi connectivity index (χ4n) is 1.07. The number of rotatable bonds is 8. The van der Waals surface area contributed by atoms with Gasteiger partial charge in [-0.1, -0.05) is 6.08 Å². The van der Waals surface area contributed by atoms with Gasteiger partial charge in [0.2, 0.25) is 11.8 Å². The molecule has 5 nitrogen and oxygen atoms in total. The molecule has 0 radical (unpaired) electrons. The molecule has 0 saturated heterocycles. The van der Waals surface area contributed by atoms with Crippen LogP contribution in [0.1, 0.15) is 20.3 Å². The minimum Gasteiger partial charge on any atom is -0.346 e. The molecule has 0 saturated carbocycles. The van der Waals surface area contributed by atoms with Crippen molar-refractivity contribution in [2.45, 2.75) is 20.3 Å². The average Bonchev–Trinajstić information content (AvgIpc) is 2.39. The average molecular weight is 303 g/mol. The Hall–Kier alpha value is -1.01. The van der Waals surface area contributed by atoms with Crippen LogP contribution in [0.3, 0.4) is 0 Å². The van der Waals surface area contributed by atoms with E-state index in [4.69, 9.17) is 5.73 Å². The Labute approximate surface area is 127 Å². The van der Waals surface area contributed by atoms with Crippen LogP contribution < -0.4 is 5.73 Å². The highest BCUT2D eigenvalue weighted by Gasteiger charge is 1.99. The predicted octanol–water partition coefficient (Wildman–Crippen LogP) is 1.20. The molecule has 2 amide bonds. The fourth-order valence-corrected chi connectivity index (χ4v) is 1.77. The van der Waals surface area contributed by atoms with E-state index in [0.29, 0.717) is 6.54 Å². The molecule has 0 unspecified atom stereocenters. The Balaban J connectivity index is 0. The van der Waals surface area contributed by atoms with Crippen molar-refractivity contribution in [3.8, 4) is 0 Å². The summed E-state index contributed by atoms with van der Waals surface area (Å²) in [6, 6.07) is 0. The second-order valence-electron chi connectivity index (χ2n) is 4.38. The highest BCUT2D eigenvalue weighted by molar-refractivity contribution is 7.99. The summed E-state index contributed by atoms with van der Waals surface area (Å²) < 4.78 is 0. The summed E-state index contributed by atoms with van der Waals surface area (Å²) in [6.07, 6.45) is 2.75. The Bertz CT molecular complexity index is 286. The summed E-state index contributed by atoms with van der Waals surface area (Å²) in [4.78, 5) is 24.5. The zero-order valence-corrected chi connectivity index (χ0v) is 14.0. The largest absolute Gasteiger partial charge is 0.346 e. The molecule has 0 aliphatic carbocycles. The van der Waals surface area contributed by atoms with Gasteiger partial charge in [0, 0.05) is 53.3 Å². The number of amides is 2. The van der Waals surface area contributed by atoms with E-state index in [9.17, 15) is 9.59 Å². The lowest BCUT2D eigenvalue weighted by molar-refractivity contribution is -0.128. The molecule has 0 fully saturated rings. The van der Waals surface area contributed by atoms with Crippen LogP contribution in [0, 0.1) is 0 Å². The van der Waals surface area contributed by atoms with Crippen molar-refractivity contribution in [3.05, 3.63) is 12.7 Å². The van der Waals surface area contributed by atoms with Crippen LogP contribution in [0.5, 0.6) is 0 Å². The number of carbonyl (C=O) groups excluding carboxylic acids is 2. The minimum atomic E-state index is 0.0740. The highest BCUT2D eigenvalue weighted by atomic mass is 32.2. The number of hydrogen-bond acceptors (Lipinski definition) is 4. The molecule has 0 rings (SSSR count). The summed E-state index contributed by atoms with van der Waals surface area (Å²) in [5.41, 5.74) is 5.33. The van der Waals surface area contributed by atoms with Crippen LogP contribution >= 0.6 is 11.8 Å². The van der Waals surface area contributed by atoms with Crippen LogP contribution in [-0.2, 0) is 9.59 Å². The Morgan fingerprint density at radius 1 is 1.15 bits per heavy atom. The van der Waals surface area contributed by atoms with Gasteiger partial charge in [-0.15, -0.1) is 6.58 Å². The standard InChI is InChI=1S/C8H18N2OS.C6H11NO/c1-8(11)10(2)5-3-6-12-7-4-9;1-4-5-7(3)6(2)8/h3-7,9H2,1-2H3;4H,1,5H2,2-3H3. The first-order valence-corrected chi connectivity index (χ1v) is 7.84. The second kappa shape index (κ2) is 14.4. The van der Waals surface area contributed by atoms with Crippen LogP contribution in [0.25, 0.3) is 0 Å². The summed E-state index contributed by atoms with van der Waals surface area (Å²) >= 11 is 1.84. The van der Waals surface area contributed by atoms with Crippen LogP contribution in [-0.4, -0.2) is 66.8 Å². The van der Waals surface area contributed by atoms with E-state index in [1.54, 1.807) is 29.8 Å². The first-order valence-electron chi connectivity index (χ1n) is 6.68. The normalized spacial score (nSPS) is 9.25. The van der Waals surface area contributed by atoms with Gasteiger partial charge in [-0.3, -0.25) is 9.59 Å². The van der Waals surface area contributed by atoms with Gasteiger partial charge in [0.25, 0.3) is 0 Å². The maximum Gasteiger partial charge on any atom is 0.219 e. The zero-order chi connectivity index (χ0) is 16.0. The molecule has 0 aromatic rings. The van der Waals surface area contributed by atoms with Gasteiger partial charge in [-0.05, 0) is 12.2 Å². The zero-order valence-electron chi connectivity index (χ0n) is 13.2. The summed E-state index contributed by atoms with van der Waals surface area (Å²) in [6.45, 7) is 8.84. The van der Waals surface area contributed by atoms with E-state index in [1.165, 1.54) is 6.92 Å². The quantitative estimate of drug-likeness (QED) is 0.540. The van der Waals surface area contributed by atoms with E-state index in [0.717, 1.165) is 31.0 Å². The lowest BCUT2D eigenvalue weighted by atomic mass is 10.4. The maximum absolute atomic E-state index is 10.8. The van der Waals surface area contributed by atoms with Crippen molar-refractivity contribution >= 4 is 23.6 Å². The van der Waals surface area contributed by atoms with Crippen molar-refractivity contribution in [1.82, 2.24) is 9.80 Å². The van der Waals surface area contributed by atoms with E-state index in [-0.39, 0.29) is 11.8 Å². The number of nitrogens with zero attached hydrogens (tertiary/aromatic N) is 2. The van der Waals surface area contributed by atoms with Gasteiger partial charge in [-0.25, -0.2) is 0 Å². The number of carbonyl (C=O) groups is 2. The van der Waals surface area contributed by atoms with Crippen LogP contribution in [0.15, 0.2) is 12.7 Å². The third-order valence-corrected chi connectivity index (χ3v) is 3.62. The molecule has 0 heterocycles. The van der Waals surface area contributed by atoms with Crippen molar-refractivity contribution in [2.75, 3.05) is 45.2 Å². The van der Waals surface area contributed by atoms with Crippen molar-refractivity contribution in [3.63, 3.8) is 0 Å². The van der Waals surface area contributed by atoms with Crippen molar-refractivity contribution in [1.29, 1.82) is 0 Å². The number of likely N-dealkylation sites (N-methyl/N-ethyl adjacent to an activating group) is 1. The smallest absolute Gasteiger partial charge is 0.219 e. The second-order valence-corrected chi connectivity index (χ2v) is 5.61. The molecule has 20 heavy (non-hydrogen) atoms. The molecule has 0 aromatic heterocycles. The molecule has 6 heteroatoms. The Morgan fingerprint density at radius 2 is 1.70 bits per heavy atom. The van der Waals surface area contributed by atoms with E-state index in [2.05, 4.69) is 6.58 Å². The third kappa shape index (κ3) is 15.0. The fraction of sp³-hybridized carbons (Fsp3) is 0.714. The lowest BCUT2D eigenvalue weighted by Gasteiger charge is -2.13. The summed E-state index contributed by atoms with van der Waals surface area (Å²) in [5, 5.41) is 0. The van der Waals surface area contributed by atoms with Crippen LogP contribution in [0.2, 0.25) is 0 Å². The highest BCUT2D eigenvalue weighted by Crippen LogP contribution is 2.01. The summed E-state index contributed by atoms with van der Waals surface area (Å²) in [7, 11) is 3.57. The Morgan fingerprint density at radius 3 is 2.05 bits per heavy atom. The van der Waals surface area contributed by atoms with Gasteiger partial charge in [-0.2, -0.15) is 11.8 Å². The third-order valence-electron chi connectivity index (χ3n) is 2.52. The van der Waals surface area contributed by atoms with Gasteiger partial charge < -0.3 is 15.5 Å². The molecule has 0 bridgehead atoms. The van der Waals surface area contributed by atoms with Gasteiger partial charge in [0.15, 0.2) is 0 Å². The SMILES string of the molecule is C=CCN(C)C(C)=O.CC(=O)N(C)CCCSCCN. The lowest BCUT2D eigenvalue weighted by Crippen LogP contribution is -2.25. The molecule has 0 atom stereocenters. The first kappa shape index (κ1) is 21.3. The van der Waals surface area contributed by atoms with Crippen LogP contribution in [0.4, 0.5) is 0 Å². The first-order chi connectivity index (χ1) is 9.36. The monoisotopic (exact) mass is 303 g/mol. The predicted molar refractivity (Wildman–Crippen MR) is 87.8 cm³/mol. The van der Waals surface area contributed by atoms with E-state index >= 15 is 0 Å². The van der Waals surface area contributed by atoms with Gasteiger partial charge in [0.1, 0.15) is 0 Å². The van der Waals surface area contributed by atoms with E-state index in [1.807, 2.05) is 18.8 Å². The molecular weight excluding hydrogens is 274 g/mol. The van der Waals surface area contributed by atoms with E-state index < -0.39 is 0 Å². The summed E-state index contributed by atoms with van der Waals surface area (Å²) in [5.74, 6) is 2.32. The topological polar surface area (TPSA) is 66.6 Å². The Kier molecular flexibility index (Phi) is 15.3. The van der Waals surface area contributed by atoms with Gasteiger partial charge in [0.05, 0.1) is 0 Å². The number of thioether (sulfide) groups is 1. The molecular formula is C14H29N3O2S. The van der Waals surface area contributed by atoms with Crippen molar-refractivity contribution in [2.24, 2.45) is 5.73 Å². The molecule has 0 aliphatic rings. The molecule has 2 N–H and O–H groups in total. The molecule has 118 valence electrons. The number of hydrogen-bond donors (Lipinski definition) is 1. The number of nitrogens with two attached hydrogens (primary N) is 1. The molecule has 0 spiro atoms. The minimum absolute atomic E-state index is 0.0740. The molecule has 0 aromatic carbocycles. The molecule has 0 aliphatic heterocycles. The van der Waals surface area contributed by atoms with Gasteiger partial charge >= 0.3 is 0 Å². The van der Waals surface area contributed by atoms with Crippen molar-refractivity contribution < 1.29 is 9.59 Å². The maximum atomic E-state index is 10.8.